The quantitative estimate of drug-likeness (QED) is 0.0635. The Labute approximate surface area is 308 Å². The lowest BCUT2D eigenvalue weighted by atomic mass is 10.1. The number of carbonyl (C=O) groups is 4. The third-order valence-electron chi connectivity index (χ3n) is 7.43. The molecule has 272 valence electrons. The van der Waals surface area contributed by atoms with Crippen LogP contribution in [0.4, 0.5) is 0 Å². The topological polar surface area (TPSA) is 105 Å². The Kier molecular flexibility index (Phi) is 21.3. The van der Waals surface area contributed by atoms with Crippen molar-refractivity contribution in [3.05, 3.63) is 102 Å². The average Bonchev–Trinajstić information content (AvgIpc) is 3.36. The highest BCUT2D eigenvalue weighted by Crippen LogP contribution is 2.25. The first-order valence-corrected chi connectivity index (χ1v) is 18.9. The van der Waals surface area contributed by atoms with Gasteiger partial charge in [0.1, 0.15) is 5.75 Å². The van der Waals surface area contributed by atoms with Gasteiger partial charge in [0.25, 0.3) is 5.91 Å². The van der Waals surface area contributed by atoms with Gasteiger partial charge in [0, 0.05) is 43.3 Å². The van der Waals surface area contributed by atoms with E-state index in [0.29, 0.717) is 35.9 Å². The zero-order valence-corrected chi connectivity index (χ0v) is 31.4. The summed E-state index contributed by atoms with van der Waals surface area (Å²) in [5.41, 5.74) is -1.11. The molecule has 2 N–H and O–H groups in total. The minimum Gasteiger partial charge on any atom is -0.478 e. The van der Waals surface area contributed by atoms with Crippen LogP contribution in [0.25, 0.3) is 0 Å². The lowest BCUT2D eigenvalue weighted by Gasteiger charge is -2.25. The first-order chi connectivity index (χ1) is 24.1. The Bertz CT molecular complexity index is 1380. The van der Waals surface area contributed by atoms with Crippen molar-refractivity contribution in [1.29, 1.82) is 0 Å². The summed E-state index contributed by atoms with van der Waals surface area (Å²) in [5.74, 6) is 0.0747. The number of rotatable bonds is 24. The molecule has 8 nitrogen and oxygen atoms in total. The van der Waals surface area contributed by atoms with Crippen LogP contribution >= 0.6 is 23.4 Å². The average molecular weight is 724 g/mol. The van der Waals surface area contributed by atoms with E-state index in [9.17, 15) is 19.2 Å². The van der Waals surface area contributed by atoms with E-state index in [1.807, 2.05) is 12.2 Å². The number of likely N-dealkylation sites (tertiary alicyclic amines) is 1. The molecule has 0 radical (unpaired) electrons. The van der Waals surface area contributed by atoms with Gasteiger partial charge in [0.2, 0.25) is 17.7 Å². The van der Waals surface area contributed by atoms with Crippen molar-refractivity contribution in [2.75, 3.05) is 25.4 Å². The molecule has 1 aliphatic rings. The molecule has 10 heteroatoms. The largest absolute Gasteiger partial charge is 0.478 e. The minimum atomic E-state index is -1.11. The van der Waals surface area contributed by atoms with Crippen LogP contribution < -0.4 is 15.4 Å². The number of benzene rings is 1. The predicted molar refractivity (Wildman–Crippen MR) is 207 cm³/mol. The van der Waals surface area contributed by atoms with Crippen molar-refractivity contribution in [2.24, 2.45) is 0 Å². The van der Waals surface area contributed by atoms with Gasteiger partial charge >= 0.3 is 0 Å². The second kappa shape index (κ2) is 25.2. The van der Waals surface area contributed by atoms with E-state index in [0.717, 1.165) is 38.5 Å². The summed E-state index contributed by atoms with van der Waals surface area (Å²) in [5, 5.41) is 5.71. The van der Waals surface area contributed by atoms with Crippen LogP contribution in [0.3, 0.4) is 0 Å². The van der Waals surface area contributed by atoms with Gasteiger partial charge in [-0.15, -0.1) is 11.8 Å². The summed E-state index contributed by atoms with van der Waals surface area (Å²) >= 11 is 7.24. The molecule has 1 atom stereocenters. The first kappa shape index (κ1) is 42.3. The van der Waals surface area contributed by atoms with Crippen LogP contribution in [0.1, 0.15) is 78.6 Å². The number of halogens is 1. The van der Waals surface area contributed by atoms with E-state index < -0.39 is 10.9 Å². The second-order valence-electron chi connectivity index (χ2n) is 12.1. The number of allylic oxidation sites excluding steroid dienone is 12. The van der Waals surface area contributed by atoms with Gasteiger partial charge in [-0.25, -0.2) is 0 Å². The van der Waals surface area contributed by atoms with Crippen molar-refractivity contribution < 1.29 is 23.9 Å². The van der Waals surface area contributed by atoms with Gasteiger partial charge in [0.05, 0.1) is 5.25 Å². The number of hydrogen-bond donors (Lipinski definition) is 2. The van der Waals surface area contributed by atoms with Crippen molar-refractivity contribution in [1.82, 2.24) is 15.5 Å². The fraction of sp³-hybridized carbons (Fsp3) is 0.450. The molecular weight excluding hydrogens is 670 g/mol. The Hall–Kier alpha value is -3.82. The smallest absolute Gasteiger partial charge is 0.263 e. The normalized spacial score (nSPS) is 15.7. The van der Waals surface area contributed by atoms with Gasteiger partial charge in [-0.05, 0) is 83.1 Å². The fourth-order valence-electron chi connectivity index (χ4n) is 4.69. The third-order valence-corrected chi connectivity index (χ3v) is 8.90. The van der Waals surface area contributed by atoms with Crippen LogP contribution in [0, 0.1) is 0 Å². The molecule has 4 amide bonds. The summed E-state index contributed by atoms with van der Waals surface area (Å²) in [4.78, 5) is 51.3. The zero-order valence-electron chi connectivity index (χ0n) is 29.8. The lowest BCUT2D eigenvalue weighted by Crippen LogP contribution is -2.47. The van der Waals surface area contributed by atoms with Crippen LogP contribution in [-0.4, -0.2) is 64.8 Å². The van der Waals surface area contributed by atoms with Gasteiger partial charge in [-0.2, -0.15) is 0 Å². The summed E-state index contributed by atoms with van der Waals surface area (Å²) in [6.07, 6.45) is 32.5. The highest BCUT2D eigenvalue weighted by atomic mass is 35.5. The fourth-order valence-corrected chi connectivity index (χ4v) is 5.85. The predicted octanol–water partition coefficient (Wildman–Crippen LogP) is 8.07. The SMILES string of the molecule is CC/C=C\C/C=C\C/C=C\C/C=C\C/C=C\C/C=C\CCC(=O)NCCN1C(=O)CC(SCCNC(=O)C(C)(C)Oc2ccc(Cl)cc2)C1=O. The minimum absolute atomic E-state index is 0.110. The van der Waals surface area contributed by atoms with E-state index in [2.05, 4.69) is 78.3 Å². The summed E-state index contributed by atoms with van der Waals surface area (Å²) < 4.78 is 5.80. The molecule has 0 saturated carbocycles. The van der Waals surface area contributed by atoms with Gasteiger partial charge in [-0.3, -0.25) is 24.1 Å². The molecule has 1 unspecified atom stereocenters. The molecule has 1 aromatic carbocycles. The summed E-state index contributed by atoms with van der Waals surface area (Å²) in [6.45, 7) is 6.17. The van der Waals surface area contributed by atoms with Crippen LogP contribution in [0.5, 0.6) is 5.75 Å². The summed E-state index contributed by atoms with van der Waals surface area (Å²) in [6, 6.07) is 6.77. The molecule has 0 spiro atoms. The molecule has 2 rings (SSSR count). The third kappa shape index (κ3) is 18.3. The number of ether oxygens (including phenoxy) is 1. The lowest BCUT2D eigenvalue weighted by molar-refractivity contribution is -0.138. The number of nitrogens with zero attached hydrogens (tertiary/aromatic N) is 1. The molecule has 1 fully saturated rings. The number of thioether (sulfide) groups is 1. The molecule has 1 heterocycles. The van der Waals surface area contributed by atoms with Gasteiger partial charge in [-0.1, -0.05) is 91.4 Å². The number of nitrogens with one attached hydrogen (secondary N) is 2. The van der Waals surface area contributed by atoms with Gasteiger partial charge < -0.3 is 15.4 Å². The van der Waals surface area contributed by atoms with Crippen LogP contribution in [0.2, 0.25) is 5.02 Å². The standard InChI is InChI=1S/C40H54ClN3O5S/c1-4-5-6-7-8-9-10-11-12-13-14-15-16-17-18-19-20-21-22-23-36(45)42-28-30-44-37(46)32-35(38(44)47)50-31-29-43-39(48)40(2,3)49-34-26-24-33(41)25-27-34/h5-6,8-9,11-12,14-15,17-18,20-21,24-27,35H,4,7,10,13,16,19,22-23,28-32H2,1-3H3,(H,42,45)(H,43,48)/b6-5-,9-8-,12-11-,15-14-,18-17-,21-20-. The van der Waals surface area contributed by atoms with Gasteiger partial charge in [0.15, 0.2) is 5.60 Å². The van der Waals surface area contributed by atoms with Crippen molar-refractivity contribution >= 4 is 47.0 Å². The van der Waals surface area contributed by atoms with Crippen molar-refractivity contribution in [3.63, 3.8) is 0 Å². The molecule has 0 aliphatic carbocycles. The van der Waals surface area contributed by atoms with Crippen LogP contribution in [0.15, 0.2) is 97.2 Å². The molecule has 0 aromatic heterocycles. The molecule has 1 aliphatic heterocycles. The molecule has 0 bridgehead atoms. The number of hydrogen-bond acceptors (Lipinski definition) is 6. The Morgan fingerprint density at radius 3 is 1.94 bits per heavy atom. The van der Waals surface area contributed by atoms with Crippen molar-refractivity contribution in [3.8, 4) is 5.75 Å². The van der Waals surface area contributed by atoms with E-state index in [1.54, 1.807) is 38.1 Å². The Morgan fingerprint density at radius 2 is 1.38 bits per heavy atom. The molecular formula is C40H54ClN3O5S. The Balaban J connectivity index is 1.51. The maximum Gasteiger partial charge on any atom is 0.263 e. The molecule has 1 aromatic rings. The summed E-state index contributed by atoms with van der Waals surface area (Å²) in [7, 11) is 0. The number of imide groups is 1. The van der Waals surface area contributed by atoms with E-state index >= 15 is 0 Å². The van der Waals surface area contributed by atoms with Crippen LogP contribution in [-0.2, 0) is 19.2 Å². The maximum absolute atomic E-state index is 12.8. The number of carbonyl (C=O) groups excluding carboxylic acids is 4. The molecule has 1 saturated heterocycles. The monoisotopic (exact) mass is 723 g/mol. The Morgan fingerprint density at radius 1 is 0.840 bits per heavy atom. The van der Waals surface area contributed by atoms with E-state index in [1.165, 1.54) is 16.7 Å². The highest BCUT2D eigenvalue weighted by molar-refractivity contribution is 8.00. The zero-order chi connectivity index (χ0) is 36.5. The molecule has 50 heavy (non-hydrogen) atoms. The number of amides is 4. The first-order valence-electron chi connectivity index (χ1n) is 17.5. The van der Waals surface area contributed by atoms with E-state index in [-0.39, 0.29) is 43.1 Å². The van der Waals surface area contributed by atoms with Crippen molar-refractivity contribution in [2.45, 2.75) is 89.4 Å². The maximum atomic E-state index is 12.8. The highest BCUT2D eigenvalue weighted by Gasteiger charge is 2.38. The second-order valence-corrected chi connectivity index (χ2v) is 13.8. The van der Waals surface area contributed by atoms with E-state index in [4.69, 9.17) is 16.3 Å².